The number of fused-ring (bicyclic) bond motifs is 2. The van der Waals surface area contributed by atoms with E-state index in [0.29, 0.717) is 23.7 Å². The van der Waals surface area contributed by atoms with Crippen molar-refractivity contribution >= 4 is 55.0 Å². The molecule has 0 saturated heterocycles. The molecule has 0 unspecified atom stereocenters. The molecule has 0 radical (unpaired) electrons. The Labute approximate surface area is 205 Å². The molecule has 9 heteroatoms. The van der Waals surface area contributed by atoms with E-state index in [1.165, 1.54) is 6.21 Å². The van der Waals surface area contributed by atoms with Crippen LogP contribution in [0.3, 0.4) is 0 Å². The van der Waals surface area contributed by atoms with Gasteiger partial charge in [0.05, 0.1) is 15.2 Å². The molecule has 0 spiro atoms. The smallest absolute Gasteiger partial charge is 0.307 e. The molecule has 3 aromatic carbocycles. The van der Waals surface area contributed by atoms with Crippen LogP contribution in [0.5, 0.6) is 17.2 Å². The number of rotatable bonds is 6. The van der Waals surface area contributed by atoms with Gasteiger partial charge in [-0.3, -0.25) is 4.79 Å². The fourth-order valence-electron chi connectivity index (χ4n) is 3.29. The predicted molar refractivity (Wildman–Crippen MR) is 130 cm³/mol. The number of furan rings is 1. The number of benzene rings is 3. The molecule has 1 amide bonds. The Bertz CT molecular complexity index is 1330. The zero-order chi connectivity index (χ0) is 22.8. The van der Waals surface area contributed by atoms with Crippen molar-refractivity contribution in [1.82, 2.24) is 5.43 Å². The summed E-state index contributed by atoms with van der Waals surface area (Å²) in [7, 11) is 0. The molecule has 1 aromatic heterocycles. The number of hydrogen-bond acceptors (Lipinski definition) is 6. The molecule has 1 N–H and O–H groups in total. The average Bonchev–Trinajstić information content (AvgIpc) is 3.45. The monoisotopic (exact) mass is 570 g/mol. The van der Waals surface area contributed by atoms with Crippen LogP contribution in [0.4, 0.5) is 0 Å². The fraction of sp³-hybridized carbons (Fsp3) is 0.0833. The van der Waals surface area contributed by atoms with Crippen LogP contribution >= 0.6 is 31.9 Å². The van der Waals surface area contributed by atoms with Gasteiger partial charge in [0.25, 0.3) is 0 Å². The Kier molecular flexibility index (Phi) is 6.06. The van der Waals surface area contributed by atoms with E-state index >= 15 is 0 Å². The first-order chi connectivity index (χ1) is 16.1. The standard InChI is InChI=1S/C24H16Br2N2O5/c25-17-7-15(11-27-28-24(29)22-10-16-3-1-2-4-19(16)33-22)8-18(26)23(17)30-12-14-5-6-20-21(9-14)32-13-31-20/h1-11H,12-13H2,(H,28,29)/b27-11+. The molecule has 5 rings (SSSR count). The van der Waals surface area contributed by atoms with Gasteiger partial charge in [-0.1, -0.05) is 24.3 Å². The number of carbonyl (C=O) groups is 1. The predicted octanol–water partition coefficient (Wildman–Crippen LogP) is 6.03. The van der Waals surface area contributed by atoms with E-state index < -0.39 is 5.91 Å². The third kappa shape index (κ3) is 4.74. The molecule has 0 aliphatic carbocycles. The van der Waals surface area contributed by atoms with E-state index in [4.69, 9.17) is 18.6 Å². The molecule has 0 atom stereocenters. The van der Waals surface area contributed by atoms with Crippen LogP contribution in [-0.2, 0) is 6.61 Å². The third-order valence-electron chi connectivity index (χ3n) is 4.87. The maximum absolute atomic E-state index is 12.3. The van der Waals surface area contributed by atoms with Crippen LogP contribution < -0.4 is 19.6 Å². The number of hydrazone groups is 1. The summed E-state index contributed by atoms with van der Waals surface area (Å²) in [4.78, 5) is 12.3. The summed E-state index contributed by atoms with van der Waals surface area (Å²) >= 11 is 7.07. The van der Waals surface area contributed by atoms with Gasteiger partial charge in [0.15, 0.2) is 17.3 Å². The lowest BCUT2D eigenvalue weighted by Gasteiger charge is -2.11. The highest BCUT2D eigenvalue weighted by atomic mass is 79.9. The van der Waals surface area contributed by atoms with Crippen LogP contribution in [0.1, 0.15) is 21.7 Å². The van der Waals surface area contributed by atoms with Gasteiger partial charge in [-0.05, 0) is 79.4 Å². The number of ether oxygens (including phenoxy) is 3. The number of carbonyl (C=O) groups excluding carboxylic acids is 1. The number of amides is 1. The van der Waals surface area contributed by atoms with Crippen molar-refractivity contribution in [2.24, 2.45) is 5.10 Å². The van der Waals surface area contributed by atoms with E-state index in [1.807, 2.05) is 48.5 Å². The summed E-state index contributed by atoms with van der Waals surface area (Å²) in [5, 5.41) is 4.89. The van der Waals surface area contributed by atoms with E-state index in [2.05, 4.69) is 42.4 Å². The van der Waals surface area contributed by atoms with Gasteiger partial charge >= 0.3 is 5.91 Å². The molecule has 166 valence electrons. The van der Waals surface area contributed by atoms with Gasteiger partial charge in [-0.25, -0.2) is 5.43 Å². The minimum absolute atomic E-state index is 0.197. The summed E-state index contributed by atoms with van der Waals surface area (Å²) in [6.45, 7) is 0.591. The van der Waals surface area contributed by atoms with E-state index in [9.17, 15) is 4.79 Å². The lowest BCUT2D eigenvalue weighted by Crippen LogP contribution is -2.16. The molecule has 0 bridgehead atoms. The Hall–Kier alpha value is -3.30. The SMILES string of the molecule is O=C(N/N=C/c1cc(Br)c(OCc2ccc3c(c2)OCO3)c(Br)c1)c1cc2ccccc2o1. The average molecular weight is 572 g/mol. The maximum atomic E-state index is 12.3. The first-order valence-corrected chi connectivity index (χ1v) is 11.5. The first-order valence-electron chi connectivity index (χ1n) is 9.89. The molecule has 7 nitrogen and oxygen atoms in total. The topological polar surface area (TPSA) is 82.3 Å². The number of hydrogen-bond donors (Lipinski definition) is 1. The fourth-order valence-corrected chi connectivity index (χ4v) is 4.74. The number of halogens is 2. The van der Waals surface area contributed by atoms with Crippen LogP contribution in [0.15, 0.2) is 79.1 Å². The van der Waals surface area contributed by atoms with Gasteiger partial charge < -0.3 is 18.6 Å². The molecule has 33 heavy (non-hydrogen) atoms. The van der Waals surface area contributed by atoms with Crippen molar-refractivity contribution in [2.45, 2.75) is 6.61 Å². The molecule has 4 aromatic rings. The summed E-state index contributed by atoms with van der Waals surface area (Å²) in [5.41, 5.74) is 4.84. The molecular weight excluding hydrogens is 556 g/mol. The number of para-hydroxylation sites is 1. The minimum atomic E-state index is -0.427. The second-order valence-electron chi connectivity index (χ2n) is 7.14. The summed E-state index contributed by atoms with van der Waals surface area (Å²) in [6, 6.07) is 18.5. The zero-order valence-corrected chi connectivity index (χ0v) is 20.2. The van der Waals surface area contributed by atoms with Crippen LogP contribution in [0, 0.1) is 0 Å². The normalized spacial score (nSPS) is 12.4. The minimum Gasteiger partial charge on any atom is -0.487 e. The van der Waals surface area contributed by atoms with Crippen molar-refractivity contribution in [1.29, 1.82) is 0 Å². The van der Waals surface area contributed by atoms with Crippen LogP contribution in [0.2, 0.25) is 0 Å². The number of nitrogens with zero attached hydrogens (tertiary/aromatic N) is 1. The molecule has 2 heterocycles. The van der Waals surface area contributed by atoms with Crippen molar-refractivity contribution in [3.05, 3.63) is 86.5 Å². The molecule has 0 fully saturated rings. The Morgan fingerprint density at radius 3 is 2.64 bits per heavy atom. The van der Waals surface area contributed by atoms with Gasteiger partial charge in [0.1, 0.15) is 17.9 Å². The summed E-state index contributed by atoms with van der Waals surface area (Å²) < 4.78 is 23.7. The summed E-state index contributed by atoms with van der Waals surface area (Å²) in [5.74, 6) is 1.87. The quantitative estimate of drug-likeness (QED) is 0.226. The van der Waals surface area contributed by atoms with Gasteiger partial charge in [0.2, 0.25) is 6.79 Å². The second-order valence-corrected chi connectivity index (χ2v) is 8.85. The highest BCUT2D eigenvalue weighted by molar-refractivity contribution is 9.11. The largest absolute Gasteiger partial charge is 0.487 e. The summed E-state index contributed by atoms with van der Waals surface area (Å²) in [6.07, 6.45) is 1.54. The van der Waals surface area contributed by atoms with E-state index in [1.54, 1.807) is 12.1 Å². The zero-order valence-electron chi connectivity index (χ0n) is 17.0. The van der Waals surface area contributed by atoms with Crippen molar-refractivity contribution < 1.29 is 23.4 Å². The van der Waals surface area contributed by atoms with Crippen LogP contribution in [-0.4, -0.2) is 18.9 Å². The molecule has 1 aliphatic rings. The Morgan fingerprint density at radius 2 is 1.82 bits per heavy atom. The van der Waals surface area contributed by atoms with Crippen molar-refractivity contribution in [3.8, 4) is 17.2 Å². The second kappa shape index (κ2) is 9.29. The molecule has 1 aliphatic heterocycles. The third-order valence-corrected chi connectivity index (χ3v) is 6.05. The lowest BCUT2D eigenvalue weighted by atomic mass is 10.2. The highest BCUT2D eigenvalue weighted by Gasteiger charge is 2.15. The first kappa shape index (κ1) is 21.5. The highest BCUT2D eigenvalue weighted by Crippen LogP contribution is 2.36. The number of nitrogens with one attached hydrogen (secondary N) is 1. The van der Waals surface area contributed by atoms with Crippen LogP contribution in [0.25, 0.3) is 11.0 Å². The lowest BCUT2D eigenvalue weighted by molar-refractivity contribution is 0.0929. The van der Waals surface area contributed by atoms with Gasteiger partial charge in [0, 0.05) is 5.39 Å². The van der Waals surface area contributed by atoms with Crippen molar-refractivity contribution in [2.75, 3.05) is 6.79 Å². The van der Waals surface area contributed by atoms with Gasteiger partial charge in [-0.15, -0.1) is 0 Å². The Morgan fingerprint density at radius 1 is 1.03 bits per heavy atom. The molecular formula is C24H16Br2N2O5. The van der Waals surface area contributed by atoms with E-state index in [0.717, 1.165) is 31.2 Å². The van der Waals surface area contributed by atoms with E-state index in [-0.39, 0.29) is 12.6 Å². The van der Waals surface area contributed by atoms with Crippen molar-refractivity contribution in [3.63, 3.8) is 0 Å². The van der Waals surface area contributed by atoms with Gasteiger partial charge in [-0.2, -0.15) is 5.10 Å². The Balaban J connectivity index is 1.23. The molecule has 0 saturated carbocycles. The maximum Gasteiger partial charge on any atom is 0.307 e.